The van der Waals surface area contributed by atoms with Crippen LogP contribution in [0, 0.1) is 10.1 Å². The van der Waals surface area contributed by atoms with E-state index >= 15 is 0 Å². The van der Waals surface area contributed by atoms with Gasteiger partial charge in [-0.15, -0.1) is 0 Å². The number of nitrogens with zero attached hydrogens (tertiary/aromatic N) is 4. The number of hydrogen-bond acceptors (Lipinski definition) is 4. The van der Waals surface area contributed by atoms with Gasteiger partial charge < -0.3 is 5.32 Å². The van der Waals surface area contributed by atoms with E-state index in [0.29, 0.717) is 5.56 Å². The molecule has 8 heteroatoms. The number of nitrogens with one attached hydrogen (secondary N) is 1. The predicted octanol–water partition coefficient (Wildman–Crippen LogP) is 2.88. The summed E-state index contributed by atoms with van der Waals surface area (Å²) in [5.74, 6) is -0.380. The van der Waals surface area contributed by atoms with E-state index < -0.39 is 4.92 Å². The lowest BCUT2D eigenvalue weighted by atomic mass is 10.1. The van der Waals surface area contributed by atoms with Gasteiger partial charge in [0.2, 0.25) is 5.91 Å². The molecular weight excluding hydrogens is 250 g/mol. The zero-order valence-electron chi connectivity index (χ0n) is 10.1. The average molecular weight is 261 g/mol. The Morgan fingerprint density at radius 2 is 2.37 bits per heavy atom. The van der Waals surface area contributed by atoms with Crippen LogP contribution in [0.1, 0.15) is 12.5 Å². The van der Waals surface area contributed by atoms with Crippen LogP contribution in [0.15, 0.2) is 29.4 Å². The zero-order valence-corrected chi connectivity index (χ0v) is 10.1. The van der Waals surface area contributed by atoms with E-state index in [1.54, 1.807) is 18.2 Å². The molecule has 0 fully saturated rings. The molecule has 0 heterocycles. The van der Waals surface area contributed by atoms with E-state index in [4.69, 9.17) is 5.53 Å². The van der Waals surface area contributed by atoms with Gasteiger partial charge in [-0.2, -0.15) is 0 Å². The van der Waals surface area contributed by atoms with E-state index in [2.05, 4.69) is 15.3 Å². The van der Waals surface area contributed by atoms with Crippen LogP contribution < -0.4 is 5.32 Å². The van der Waals surface area contributed by atoms with Gasteiger partial charge >= 0.3 is 0 Å². The molecule has 0 bridgehead atoms. The Kier molecular flexibility index (Phi) is 5.06. The predicted molar refractivity (Wildman–Crippen MR) is 70.4 cm³/mol. The van der Waals surface area contributed by atoms with Crippen molar-refractivity contribution in [3.05, 3.63) is 50.4 Å². The molecule has 1 rings (SSSR count). The van der Waals surface area contributed by atoms with Gasteiger partial charge in [0.25, 0.3) is 5.69 Å². The highest BCUT2D eigenvalue weighted by Gasteiger charge is 2.14. The van der Waals surface area contributed by atoms with Gasteiger partial charge in [-0.3, -0.25) is 14.9 Å². The summed E-state index contributed by atoms with van der Waals surface area (Å²) >= 11 is 0. The molecule has 1 aromatic rings. The van der Waals surface area contributed by atoms with Crippen LogP contribution in [-0.2, 0) is 4.79 Å². The van der Waals surface area contributed by atoms with Crippen molar-refractivity contribution in [2.75, 3.05) is 11.9 Å². The molecule has 1 N–H and O–H groups in total. The fourth-order valence-corrected chi connectivity index (χ4v) is 1.37. The first-order chi connectivity index (χ1) is 9.04. The molecule has 98 valence electrons. The topological polar surface area (TPSA) is 121 Å². The van der Waals surface area contributed by atoms with Gasteiger partial charge in [-0.25, -0.2) is 0 Å². The van der Waals surface area contributed by atoms with Crippen molar-refractivity contribution in [2.24, 2.45) is 5.11 Å². The highest BCUT2D eigenvalue weighted by atomic mass is 16.6. The van der Waals surface area contributed by atoms with E-state index in [9.17, 15) is 14.9 Å². The maximum Gasteiger partial charge on any atom is 0.293 e. The second-order valence-corrected chi connectivity index (χ2v) is 3.53. The lowest BCUT2D eigenvalue weighted by Crippen LogP contribution is -2.08. The molecule has 0 spiro atoms. The molecule has 0 aromatic heterocycles. The lowest BCUT2D eigenvalue weighted by Gasteiger charge is -2.04. The number of carbonyl (C=O) groups excluding carboxylic acids is 1. The largest absolute Gasteiger partial charge is 0.321 e. The van der Waals surface area contributed by atoms with Crippen molar-refractivity contribution in [3.63, 3.8) is 0 Å². The van der Waals surface area contributed by atoms with E-state index in [1.165, 1.54) is 19.1 Å². The molecule has 0 aliphatic carbocycles. The SMILES string of the molecule is CC(=O)Nc1ccc(C=CCN=[N+]=[N-])cc1[N+](=O)[O-]. The molecule has 1 aromatic carbocycles. The number of amides is 1. The third kappa shape index (κ3) is 4.49. The average Bonchev–Trinajstić information content (AvgIpc) is 2.35. The van der Waals surface area contributed by atoms with Gasteiger partial charge in [-0.05, 0) is 17.2 Å². The van der Waals surface area contributed by atoms with Crippen molar-refractivity contribution in [2.45, 2.75) is 6.92 Å². The Bertz CT molecular complexity index is 576. The molecule has 8 nitrogen and oxygen atoms in total. The molecule has 19 heavy (non-hydrogen) atoms. The zero-order chi connectivity index (χ0) is 14.3. The van der Waals surface area contributed by atoms with Crippen LogP contribution in [0.5, 0.6) is 0 Å². The van der Waals surface area contributed by atoms with Crippen LogP contribution >= 0.6 is 0 Å². The summed E-state index contributed by atoms with van der Waals surface area (Å²) in [4.78, 5) is 23.8. The number of rotatable bonds is 5. The Hall–Kier alpha value is -2.86. The number of anilines is 1. The smallest absolute Gasteiger partial charge is 0.293 e. The van der Waals surface area contributed by atoms with Gasteiger partial charge in [0.15, 0.2) is 0 Å². The van der Waals surface area contributed by atoms with Crippen molar-refractivity contribution in [1.82, 2.24) is 0 Å². The first-order valence-corrected chi connectivity index (χ1v) is 5.28. The number of carbonyl (C=O) groups is 1. The normalized spacial score (nSPS) is 9.95. The van der Waals surface area contributed by atoms with Crippen LogP contribution in [0.25, 0.3) is 16.5 Å². The Balaban J connectivity index is 3.02. The Morgan fingerprint density at radius 1 is 1.63 bits per heavy atom. The van der Waals surface area contributed by atoms with Crippen LogP contribution in [0.4, 0.5) is 11.4 Å². The van der Waals surface area contributed by atoms with Crippen LogP contribution in [-0.4, -0.2) is 17.4 Å². The minimum absolute atomic E-state index is 0.143. The highest BCUT2D eigenvalue weighted by Crippen LogP contribution is 2.26. The summed E-state index contributed by atoms with van der Waals surface area (Å²) in [6, 6.07) is 4.40. The third-order valence-corrected chi connectivity index (χ3v) is 2.09. The Labute approximate surface area is 108 Å². The third-order valence-electron chi connectivity index (χ3n) is 2.09. The first-order valence-electron chi connectivity index (χ1n) is 5.28. The molecule has 0 radical (unpaired) electrons. The van der Waals surface area contributed by atoms with E-state index in [0.717, 1.165) is 0 Å². The van der Waals surface area contributed by atoms with Crippen LogP contribution in [0.3, 0.4) is 0 Å². The lowest BCUT2D eigenvalue weighted by molar-refractivity contribution is -0.383. The molecular formula is C11H11N5O3. The Morgan fingerprint density at radius 3 is 2.95 bits per heavy atom. The molecule has 0 aliphatic heterocycles. The molecule has 0 saturated carbocycles. The van der Waals surface area contributed by atoms with Gasteiger partial charge in [-0.1, -0.05) is 23.3 Å². The minimum atomic E-state index is -0.573. The van der Waals surface area contributed by atoms with Gasteiger partial charge in [0.1, 0.15) is 5.69 Å². The van der Waals surface area contributed by atoms with E-state index in [1.807, 2.05) is 0 Å². The summed E-state index contributed by atoms with van der Waals surface area (Å²) in [5, 5.41) is 16.6. The maximum atomic E-state index is 10.9. The van der Waals surface area contributed by atoms with Gasteiger partial charge in [0, 0.05) is 24.4 Å². The standard InChI is InChI=1S/C11H11N5O3/c1-8(17)14-10-5-4-9(3-2-6-13-15-12)7-11(10)16(18)19/h2-5,7H,6H2,1H3,(H,14,17). The second kappa shape index (κ2) is 6.77. The van der Waals surface area contributed by atoms with Crippen LogP contribution in [0.2, 0.25) is 0 Å². The number of azide groups is 1. The van der Waals surface area contributed by atoms with Gasteiger partial charge in [0.05, 0.1) is 4.92 Å². The van der Waals surface area contributed by atoms with Crippen molar-refractivity contribution >= 4 is 23.4 Å². The highest BCUT2D eigenvalue weighted by molar-refractivity contribution is 5.91. The molecule has 0 atom stereocenters. The fraction of sp³-hybridized carbons (Fsp3) is 0.182. The molecule has 0 unspecified atom stereocenters. The summed E-state index contributed by atoms with van der Waals surface area (Å²) < 4.78 is 0. The first kappa shape index (κ1) is 14.2. The number of nitro groups is 1. The second-order valence-electron chi connectivity index (χ2n) is 3.53. The van der Waals surface area contributed by atoms with Crippen molar-refractivity contribution in [3.8, 4) is 0 Å². The molecule has 1 amide bonds. The molecule has 0 aliphatic rings. The summed E-state index contributed by atoms with van der Waals surface area (Å²) in [6.07, 6.45) is 3.18. The van der Waals surface area contributed by atoms with Crippen molar-refractivity contribution in [1.29, 1.82) is 0 Å². The summed E-state index contributed by atoms with van der Waals surface area (Å²) in [7, 11) is 0. The summed E-state index contributed by atoms with van der Waals surface area (Å²) in [5.41, 5.74) is 8.62. The van der Waals surface area contributed by atoms with Crippen molar-refractivity contribution < 1.29 is 9.72 Å². The number of hydrogen-bond donors (Lipinski definition) is 1. The fourth-order valence-electron chi connectivity index (χ4n) is 1.37. The number of nitro benzene ring substituents is 1. The molecule has 0 saturated heterocycles. The van der Waals surface area contributed by atoms with E-state index in [-0.39, 0.29) is 23.8 Å². The minimum Gasteiger partial charge on any atom is -0.321 e. The quantitative estimate of drug-likeness (QED) is 0.288. The monoisotopic (exact) mass is 261 g/mol. The number of benzene rings is 1. The maximum absolute atomic E-state index is 10.9. The summed E-state index contributed by atoms with van der Waals surface area (Å²) in [6.45, 7) is 1.44.